The van der Waals surface area contributed by atoms with Crippen molar-refractivity contribution in [1.82, 2.24) is 4.90 Å². The van der Waals surface area contributed by atoms with Gasteiger partial charge in [0.25, 0.3) is 5.91 Å². The van der Waals surface area contributed by atoms with Gasteiger partial charge in [-0.25, -0.2) is 0 Å². The van der Waals surface area contributed by atoms with Gasteiger partial charge in [-0.05, 0) is 44.4 Å². The molecule has 1 amide bonds. The van der Waals surface area contributed by atoms with Gasteiger partial charge in [-0.1, -0.05) is 17.7 Å². The monoisotopic (exact) mass is 370 g/mol. The normalized spacial score (nSPS) is 39.3. The van der Waals surface area contributed by atoms with Crippen LogP contribution in [-0.4, -0.2) is 55.4 Å². The summed E-state index contributed by atoms with van der Waals surface area (Å²) in [4.78, 5) is 21.5. The maximum atomic E-state index is 13.7. The van der Waals surface area contributed by atoms with E-state index < -0.39 is 5.41 Å². The van der Waals surface area contributed by atoms with Crippen molar-refractivity contribution in [2.24, 2.45) is 11.8 Å². The number of hydroxylamine groups is 1. The third-order valence-corrected chi connectivity index (χ3v) is 7.32. The van der Waals surface area contributed by atoms with Gasteiger partial charge in [0.1, 0.15) is 11.2 Å². The Labute approximate surface area is 159 Å². The van der Waals surface area contributed by atoms with Crippen molar-refractivity contribution >= 4 is 11.6 Å². The Kier molecular flexibility index (Phi) is 3.70. The molecule has 27 heavy (non-hydrogen) atoms. The average Bonchev–Trinajstić information content (AvgIpc) is 2.78. The molecule has 0 radical (unpaired) electrons. The first-order valence-corrected chi connectivity index (χ1v) is 9.70. The highest BCUT2D eigenvalue weighted by atomic mass is 16.7. The number of aromatic hydroxyl groups is 1. The van der Waals surface area contributed by atoms with Crippen molar-refractivity contribution in [1.29, 1.82) is 0 Å². The van der Waals surface area contributed by atoms with Crippen LogP contribution in [0.2, 0.25) is 0 Å². The molecule has 1 spiro atoms. The molecule has 6 nitrogen and oxygen atoms in total. The van der Waals surface area contributed by atoms with Crippen LogP contribution in [0.25, 0.3) is 0 Å². The van der Waals surface area contributed by atoms with E-state index in [1.165, 1.54) is 17.7 Å². The standard InChI is InChI=1S/C21H26N2O4/c1-4-12-10-22(2)18-9-21(19-8-14(12)15(18)11-27-19)16-6-5-13(24)7-17(16)23(26-3)20(21)25/h4-7,14-15,18-19,24H,8-11H2,1-3H3/b12-4-. The third kappa shape index (κ3) is 2.09. The SMILES string of the molecule is C/C=C1/CN(C)C2CC3(C(=O)N(OC)c4cc(O)ccc43)C3CC1C2CO3. The second kappa shape index (κ2) is 5.80. The van der Waals surface area contributed by atoms with E-state index in [0.29, 0.717) is 24.1 Å². The lowest BCUT2D eigenvalue weighted by Crippen LogP contribution is -2.50. The molecule has 1 saturated carbocycles. The van der Waals surface area contributed by atoms with Gasteiger partial charge in [0, 0.05) is 24.6 Å². The molecule has 1 N–H and O–H groups in total. The molecule has 5 atom stereocenters. The van der Waals surface area contributed by atoms with Crippen molar-refractivity contribution in [3.05, 3.63) is 35.4 Å². The number of piperidine rings is 1. The largest absolute Gasteiger partial charge is 0.508 e. The maximum Gasteiger partial charge on any atom is 0.264 e. The van der Waals surface area contributed by atoms with E-state index in [9.17, 15) is 9.90 Å². The summed E-state index contributed by atoms with van der Waals surface area (Å²) in [6, 6.07) is 5.45. The zero-order valence-electron chi connectivity index (χ0n) is 16.0. The van der Waals surface area contributed by atoms with Gasteiger partial charge in [-0.3, -0.25) is 14.5 Å². The molecule has 6 heteroatoms. The number of allylic oxidation sites excluding steroid dienone is 1. The minimum atomic E-state index is -0.759. The molecule has 1 aromatic carbocycles. The summed E-state index contributed by atoms with van der Waals surface area (Å²) in [6.45, 7) is 3.76. The number of benzene rings is 1. The molecule has 3 saturated heterocycles. The van der Waals surface area contributed by atoms with Crippen LogP contribution in [0.3, 0.4) is 0 Å². The number of hydrogen-bond donors (Lipinski definition) is 1. The molecule has 1 aliphatic carbocycles. The minimum absolute atomic E-state index is 0.0702. The van der Waals surface area contributed by atoms with Gasteiger partial charge in [0.05, 0.1) is 25.5 Å². The Morgan fingerprint density at radius 2 is 2.22 bits per heavy atom. The number of nitrogens with zero attached hydrogens (tertiary/aromatic N) is 2. The highest BCUT2D eigenvalue weighted by molar-refractivity contribution is 6.07. The lowest BCUT2D eigenvalue weighted by atomic mass is 9.72. The summed E-state index contributed by atoms with van der Waals surface area (Å²) in [5.41, 5.74) is 2.26. The van der Waals surface area contributed by atoms with E-state index >= 15 is 0 Å². The second-order valence-corrected chi connectivity index (χ2v) is 8.33. The van der Waals surface area contributed by atoms with Crippen molar-refractivity contribution in [2.45, 2.75) is 37.3 Å². The fourth-order valence-electron chi connectivity index (χ4n) is 6.05. The molecule has 4 heterocycles. The summed E-state index contributed by atoms with van der Waals surface area (Å²) in [7, 11) is 3.66. The van der Waals surface area contributed by atoms with E-state index in [-0.39, 0.29) is 23.8 Å². The second-order valence-electron chi connectivity index (χ2n) is 8.33. The first-order valence-electron chi connectivity index (χ1n) is 9.70. The predicted molar refractivity (Wildman–Crippen MR) is 100 cm³/mol. The van der Waals surface area contributed by atoms with Gasteiger partial charge >= 0.3 is 0 Å². The lowest BCUT2D eigenvalue weighted by molar-refractivity contribution is -0.137. The Bertz CT molecular complexity index is 837. The summed E-state index contributed by atoms with van der Waals surface area (Å²) >= 11 is 0. The number of amides is 1. The molecule has 4 fully saturated rings. The molecule has 5 aliphatic rings. The van der Waals surface area contributed by atoms with Gasteiger partial charge in [-0.2, -0.15) is 5.06 Å². The number of fused-ring (bicyclic) bond motifs is 2. The fourth-order valence-corrected chi connectivity index (χ4v) is 6.05. The minimum Gasteiger partial charge on any atom is -0.508 e. The number of likely N-dealkylation sites (tertiary alicyclic amines) is 1. The van der Waals surface area contributed by atoms with Crippen LogP contribution in [-0.2, 0) is 19.8 Å². The van der Waals surface area contributed by atoms with E-state index in [4.69, 9.17) is 9.57 Å². The quantitative estimate of drug-likeness (QED) is 0.768. The van der Waals surface area contributed by atoms with Crippen LogP contribution in [0.15, 0.2) is 29.8 Å². The van der Waals surface area contributed by atoms with Crippen molar-refractivity contribution in [3.63, 3.8) is 0 Å². The van der Waals surface area contributed by atoms with Crippen LogP contribution in [0, 0.1) is 11.8 Å². The van der Waals surface area contributed by atoms with Gasteiger partial charge in [0.2, 0.25) is 0 Å². The summed E-state index contributed by atoms with van der Waals surface area (Å²) in [5.74, 6) is 0.945. The van der Waals surface area contributed by atoms with Crippen LogP contribution in [0.5, 0.6) is 5.75 Å². The van der Waals surface area contributed by atoms with E-state index in [1.54, 1.807) is 12.1 Å². The van der Waals surface area contributed by atoms with Gasteiger partial charge in [0.15, 0.2) is 0 Å². The molecule has 4 aliphatic heterocycles. The number of ether oxygens (including phenoxy) is 1. The number of carbonyl (C=O) groups is 1. The van der Waals surface area contributed by atoms with Crippen LogP contribution in [0.4, 0.5) is 5.69 Å². The highest BCUT2D eigenvalue weighted by Crippen LogP contribution is 2.57. The molecule has 0 aromatic heterocycles. The number of carbonyl (C=O) groups excluding carboxylic acids is 1. The number of rotatable bonds is 1. The molecule has 4 bridgehead atoms. The predicted octanol–water partition coefficient (Wildman–Crippen LogP) is 2.22. The van der Waals surface area contributed by atoms with Crippen molar-refractivity contribution in [2.75, 3.05) is 32.4 Å². The zero-order valence-corrected chi connectivity index (χ0v) is 16.0. The summed E-state index contributed by atoms with van der Waals surface area (Å²) in [6.07, 6.45) is 3.65. The number of phenolic OH excluding ortho intramolecular Hbond substituents is 1. The number of phenols is 1. The molecule has 5 unspecified atom stereocenters. The molecule has 6 rings (SSSR count). The van der Waals surface area contributed by atoms with E-state index in [0.717, 1.165) is 24.9 Å². The number of hydrogen-bond acceptors (Lipinski definition) is 5. The fraction of sp³-hybridized carbons (Fsp3) is 0.571. The Balaban J connectivity index is 1.70. The van der Waals surface area contributed by atoms with Crippen LogP contribution < -0.4 is 5.06 Å². The van der Waals surface area contributed by atoms with Crippen LogP contribution in [0.1, 0.15) is 25.3 Å². The maximum absolute atomic E-state index is 13.7. The van der Waals surface area contributed by atoms with E-state index in [1.807, 2.05) is 6.07 Å². The lowest BCUT2D eigenvalue weighted by Gasteiger charge is -2.46. The first-order chi connectivity index (χ1) is 13.0. The molecule has 144 valence electrons. The highest BCUT2D eigenvalue weighted by Gasteiger charge is 2.64. The topological polar surface area (TPSA) is 62.2 Å². The molecule has 1 aromatic rings. The van der Waals surface area contributed by atoms with Gasteiger partial charge < -0.3 is 9.84 Å². The Morgan fingerprint density at radius 1 is 1.41 bits per heavy atom. The van der Waals surface area contributed by atoms with Crippen molar-refractivity contribution < 1.29 is 19.5 Å². The smallest absolute Gasteiger partial charge is 0.264 e. The third-order valence-electron chi connectivity index (χ3n) is 7.32. The Morgan fingerprint density at radius 3 is 2.96 bits per heavy atom. The summed E-state index contributed by atoms with van der Waals surface area (Å²) < 4.78 is 6.35. The Hall–Kier alpha value is -1.89. The zero-order chi connectivity index (χ0) is 18.9. The number of likely N-dealkylation sites (N-methyl/N-ethyl adjacent to an activating group) is 1. The first kappa shape index (κ1) is 17.2. The molecular weight excluding hydrogens is 344 g/mol. The van der Waals surface area contributed by atoms with Crippen molar-refractivity contribution in [3.8, 4) is 5.75 Å². The average molecular weight is 370 g/mol. The number of anilines is 1. The molecular formula is C21H26N2O4. The van der Waals surface area contributed by atoms with Gasteiger partial charge in [-0.15, -0.1) is 0 Å². The van der Waals surface area contributed by atoms with Crippen LogP contribution >= 0.6 is 0 Å². The summed E-state index contributed by atoms with van der Waals surface area (Å²) in [5, 5.41) is 11.3. The van der Waals surface area contributed by atoms with E-state index in [2.05, 4.69) is 24.9 Å².